The van der Waals surface area contributed by atoms with Gasteiger partial charge in [-0.2, -0.15) is 13.2 Å². The number of pyridine rings is 1. The highest BCUT2D eigenvalue weighted by atomic mass is 19.4. The number of aromatic nitrogens is 1. The Bertz CT molecular complexity index is 1070. The molecule has 148 valence electrons. The van der Waals surface area contributed by atoms with Crippen LogP contribution in [0.3, 0.4) is 0 Å². The number of hydrogen-bond acceptors (Lipinski definition) is 4. The van der Waals surface area contributed by atoms with Crippen molar-refractivity contribution in [3.05, 3.63) is 78.0 Å². The Balaban J connectivity index is 1.60. The van der Waals surface area contributed by atoms with Crippen LogP contribution in [0, 0.1) is 0 Å². The first-order valence-corrected chi connectivity index (χ1v) is 8.49. The molecule has 0 bridgehead atoms. The summed E-state index contributed by atoms with van der Waals surface area (Å²) in [5, 5.41) is 2.99. The van der Waals surface area contributed by atoms with Gasteiger partial charge in [-0.05, 0) is 24.3 Å². The molecule has 8 heteroatoms. The fraction of sp³-hybridized carbons (Fsp3) is 0.0952. The number of alkyl halides is 3. The van der Waals surface area contributed by atoms with Gasteiger partial charge in [0.2, 0.25) is 0 Å². The summed E-state index contributed by atoms with van der Waals surface area (Å²) < 4.78 is 43.6. The zero-order valence-corrected chi connectivity index (χ0v) is 14.9. The highest BCUT2D eigenvalue weighted by Crippen LogP contribution is 2.34. The Hall–Kier alpha value is -3.68. The second-order valence-electron chi connectivity index (χ2n) is 5.95. The van der Waals surface area contributed by atoms with Gasteiger partial charge >= 0.3 is 12.1 Å². The zero-order valence-electron chi connectivity index (χ0n) is 14.9. The lowest BCUT2D eigenvalue weighted by atomic mass is 10.1. The van der Waals surface area contributed by atoms with Crippen molar-refractivity contribution in [1.82, 2.24) is 4.98 Å². The van der Waals surface area contributed by atoms with E-state index in [4.69, 9.17) is 4.74 Å². The van der Waals surface area contributed by atoms with Gasteiger partial charge in [0.1, 0.15) is 0 Å². The standard InChI is InChI=1S/C21H15F3N2O3/c22-21(23,24)16-8-1-2-9-17(16)26-18(27)13-29-19(28)11-10-15-6-3-5-14-7-4-12-25-20(14)15/h1-12H,13H2,(H,26,27)/b11-10-. The molecule has 1 N–H and O–H groups in total. The number of anilines is 1. The number of nitrogens with zero attached hydrogens (tertiary/aromatic N) is 1. The Kier molecular flexibility index (Phi) is 5.92. The van der Waals surface area contributed by atoms with E-state index in [2.05, 4.69) is 10.3 Å². The van der Waals surface area contributed by atoms with E-state index < -0.39 is 35.9 Å². The monoisotopic (exact) mass is 400 g/mol. The van der Waals surface area contributed by atoms with Gasteiger partial charge in [0.05, 0.1) is 16.8 Å². The van der Waals surface area contributed by atoms with Gasteiger partial charge in [-0.3, -0.25) is 9.78 Å². The number of ether oxygens (including phenoxy) is 1. The molecule has 1 aromatic heterocycles. The van der Waals surface area contributed by atoms with Gasteiger partial charge in [0.25, 0.3) is 5.91 Å². The van der Waals surface area contributed by atoms with Gasteiger partial charge in [-0.15, -0.1) is 0 Å². The Morgan fingerprint density at radius 3 is 2.59 bits per heavy atom. The van der Waals surface area contributed by atoms with Crippen LogP contribution in [0.2, 0.25) is 0 Å². The molecule has 2 aromatic carbocycles. The number of fused-ring (bicyclic) bond motifs is 1. The minimum atomic E-state index is -4.62. The molecule has 0 spiro atoms. The van der Waals surface area contributed by atoms with Crippen LogP contribution in [0.4, 0.5) is 18.9 Å². The normalized spacial score (nSPS) is 11.6. The van der Waals surface area contributed by atoms with E-state index in [9.17, 15) is 22.8 Å². The smallest absolute Gasteiger partial charge is 0.418 e. The molecule has 0 saturated carbocycles. The van der Waals surface area contributed by atoms with Crippen LogP contribution < -0.4 is 5.32 Å². The van der Waals surface area contributed by atoms with Crippen LogP contribution in [0.5, 0.6) is 0 Å². The maximum Gasteiger partial charge on any atom is 0.418 e. The summed E-state index contributed by atoms with van der Waals surface area (Å²) in [6, 6.07) is 13.7. The second kappa shape index (κ2) is 8.55. The molecule has 29 heavy (non-hydrogen) atoms. The number of nitrogens with one attached hydrogen (secondary N) is 1. The molecule has 0 fully saturated rings. The van der Waals surface area contributed by atoms with Crippen molar-refractivity contribution in [2.24, 2.45) is 0 Å². The fourth-order valence-electron chi connectivity index (χ4n) is 2.63. The summed E-state index contributed by atoms with van der Waals surface area (Å²) in [5.41, 5.74) is -0.00870. The van der Waals surface area contributed by atoms with Crippen molar-refractivity contribution in [3.63, 3.8) is 0 Å². The first-order chi connectivity index (χ1) is 13.8. The molecule has 0 aliphatic heterocycles. The van der Waals surface area contributed by atoms with Gasteiger partial charge in [0.15, 0.2) is 6.61 Å². The SMILES string of the molecule is O=C(COC(=O)/C=C\c1cccc2cccnc12)Nc1ccccc1C(F)(F)F. The second-order valence-corrected chi connectivity index (χ2v) is 5.95. The number of carbonyl (C=O) groups is 2. The molecule has 0 atom stereocenters. The zero-order chi connectivity index (χ0) is 20.9. The van der Waals surface area contributed by atoms with Gasteiger partial charge in [-0.1, -0.05) is 36.4 Å². The molecular weight excluding hydrogens is 385 g/mol. The van der Waals surface area contributed by atoms with E-state index in [1.165, 1.54) is 18.2 Å². The van der Waals surface area contributed by atoms with Gasteiger partial charge in [-0.25, -0.2) is 4.79 Å². The predicted octanol–water partition coefficient (Wildman–Crippen LogP) is 4.45. The summed E-state index contributed by atoms with van der Waals surface area (Å²) >= 11 is 0. The third-order valence-corrected chi connectivity index (χ3v) is 3.91. The lowest BCUT2D eigenvalue weighted by Crippen LogP contribution is -2.22. The number of rotatable bonds is 5. The Labute approximate surface area is 163 Å². The summed E-state index contributed by atoms with van der Waals surface area (Å²) in [7, 11) is 0. The fourth-order valence-corrected chi connectivity index (χ4v) is 2.63. The molecule has 0 saturated heterocycles. The topological polar surface area (TPSA) is 68.3 Å². The minimum absolute atomic E-state index is 0.404. The Morgan fingerprint density at radius 1 is 1.03 bits per heavy atom. The van der Waals surface area contributed by atoms with Crippen molar-refractivity contribution in [3.8, 4) is 0 Å². The van der Waals surface area contributed by atoms with Gasteiger partial charge in [0, 0.05) is 23.2 Å². The molecule has 1 heterocycles. The molecule has 0 aliphatic carbocycles. The van der Waals surface area contributed by atoms with Crippen LogP contribution in [0.25, 0.3) is 17.0 Å². The molecule has 3 aromatic rings. The molecule has 5 nitrogen and oxygen atoms in total. The molecule has 0 radical (unpaired) electrons. The highest BCUT2D eigenvalue weighted by Gasteiger charge is 2.33. The number of benzene rings is 2. The van der Waals surface area contributed by atoms with Crippen LogP contribution in [-0.4, -0.2) is 23.5 Å². The quantitative estimate of drug-likeness (QED) is 0.508. The lowest BCUT2D eigenvalue weighted by molar-refractivity contribution is -0.142. The van der Waals surface area contributed by atoms with Crippen LogP contribution in [0.15, 0.2) is 66.9 Å². The van der Waals surface area contributed by atoms with Crippen LogP contribution >= 0.6 is 0 Å². The van der Waals surface area contributed by atoms with E-state index in [0.29, 0.717) is 11.1 Å². The van der Waals surface area contributed by atoms with Crippen molar-refractivity contribution in [2.45, 2.75) is 6.18 Å². The van der Waals surface area contributed by atoms with E-state index in [0.717, 1.165) is 23.6 Å². The average molecular weight is 400 g/mol. The Morgan fingerprint density at radius 2 is 1.79 bits per heavy atom. The predicted molar refractivity (Wildman–Crippen MR) is 102 cm³/mol. The summed E-state index contributed by atoms with van der Waals surface area (Å²) in [6.07, 6.45) is -0.369. The third kappa shape index (κ3) is 5.19. The van der Waals surface area contributed by atoms with E-state index >= 15 is 0 Å². The molecule has 3 rings (SSSR count). The third-order valence-electron chi connectivity index (χ3n) is 3.91. The maximum absolute atomic E-state index is 12.9. The average Bonchev–Trinajstić information content (AvgIpc) is 2.70. The van der Waals surface area contributed by atoms with E-state index in [1.54, 1.807) is 24.4 Å². The first-order valence-electron chi connectivity index (χ1n) is 8.49. The van der Waals surface area contributed by atoms with Crippen molar-refractivity contribution in [1.29, 1.82) is 0 Å². The van der Waals surface area contributed by atoms with Crippen LogP contribution in [-0.2, 0) is 20.5 Å². The number of carbonyl (C=O) groups excluding carboxylic acids is 2. The number of amides is 1. The van der Waals surface area contributed by atoms with E-state index in [1.807, 2.05) is 12.1 Å². The maximum atomic E-state index is 12.9. The van der Waals surface area contributed by atoms with Crippen molar-refractivity contribution in [2.75, 3.05) is 11.9 Å². The van der Waals surface area contributed by atoms with Crippen molar-refractivity contribution < 1.29 is 27.5 Å². The summed E-state index contributed by atoms with van der Waals surface area (Å²) in [4.78, 5) is 28.0. The van der Waals surface area contributed by atoms with Gasteiger partial charge < -0.3 is 10.1 Å². The van der Waals surface area contributed by atoms with Crippen LogP contribution in [0.1, 0.15) is 11.1 Å². The molecule has 0 aliphatic rings. The molecule has 1 amide bonds. The summed E-state index contributed by atoms with van der Waals surface area (Å²) in [6.45, 7) is -0.719. The number of para-hydroxylation sites is 2. The number of hydrogen-bond donors (Lipinski definition) is 1. The highest BCUT2D eigenvalue weighted by molar-refractivity contribution is 5.96. The summed E-state index contributed by atoms with van der Waals surface area (Å²) in [5.74, 6) is -1.69. The molecule has 0 unspecified atom stereocenters. The van der Waals surface area contributed by atoms with E-state index in [-0.39, 0.29) is 0 Å². The van der Waals surface area contributed by atoms with Crippen molar-refractivity contribution >= 4 is 34.5 Å². The number of esters is 1. The number of halogens is 3. The largest absolute Gasteiger partial charge is 0.452 e. The minimum Gasteiger partial charge on any atom is -0.452 e. The first kappa shape index (κ1) is 20.1. The molecular formula is C21H15F3N2O3. The lowest BCUT2D eigenvalue weighted by Gasteiger charge is -2.13.